The Labute approximate surface area is 154 Å². The lowest BCUT2D eigenvalue weighted by molar-refractivity contribution is -0.131. The molecule has 0 N–H and O–H groups in total. The Balaban J connectivity index is 1.77. The summed E-state index contributed by atoms with van der Waals surface area (Å²) in [6, 6.07) is 1.86. The molecule has 6 heteroatoms. The minimum atomic E-state index is -0.244. The normalized spacial score (nSPS) is 28.9. The predicted octanol–water partition coefficient (Wildman–Crippen LogP) is 3.00. The van der Waals surface area contributed by atoms with E-state index in [1.54, 1.807) is 7.05 Å². The molecule has 2 fully saturated rings. The third-order valence-corrected chi connectivity index (χ3v) is 6.68. The Morgan fingerprint density at radius 2 is 2.04 bits per heavy atom. The van der Waals surface area contributed by atoms with Gasteiger partial charge < -0.3 is 4.90 Å². The second kappa shape index (κ2) is 6.15. The number of rotatable bonds is 3. The number of carbonyl (C=O) groups is 1. The monoisotopic (exact) mass is 363 g/mol. The maximum Gasteiger partial charge on any atom is 0.254 e. The molecule has 1 aromatic rings. The molecule has 3 rings (SSSR count). The van der Waals surface area contributed by atoms with Crippen molar-refractivity contribution in [2.75, 3.05) is 6.54 Å². The van der Waals surface area contributed by atoms with Crippen LogP contribution in [0.5, 0.6) is 0 Å². The molecule has 25 heavy (non-hydrogen) atoms. The lowest BCUT2D eigenvalue weighted by atomic mass is 9.65. The molecule has 2 bridgehead atoms. The van der Waals surface area contributed by atoms with Crippen LogP contribution in [-0.4, -0.2) is 38.2 Å². The number of likely N-dealkylation sites (tertiary alicyclic amines) is 1. The van der Waals surface area contributed by atoms with Gasteiger partial charge in [0, 0.05) is 31.4 Å². The predicted molar refractivity (Wildman–Crippen MR) is 101 cm³/mol. The molecule has 138 valence electrons. The molecule has 3 unspecified atom stereocenters. The van der Waals surface area contributed by atoms with Gasteiger partial charge in [-0.15, -0.1) is 0 Å². The fourth-order valence-electron chi connectivity index (χ4n) is 4.89. The summed E-state index contributed by atoms with van der Waals surface area (Å²) in [5, 5.41) is 0.366. The summed E-state index contributed by atoms with van der Waals surface area (Å²) < 4.78 is 1.52. The van der Waals surface area contributed by atoms with Crippen molar-refractivity contribution in [3.05, 3.63) is 22.1 Å². The summed E-state index contributed by atoms with van der Waals surface area (Å²) >= 11 is 1.39. The van der Waals surface area contributed by atoms with Crippen LogP contribution in [0.4, 0.5) is 0 Å². The molecule has 2 aliphatic rings. The Kier molecular flexibility index (Phi) is 4.55. The van der Waals surface area contributed by atoms with E-state index < -0.39 is 0 Å². The van der Waals surface area contributed by atoms with Gasteiger partial charge in [0.1, 0.15) is 0 Å². The standard InChI is InChI=1S/C19H29N3O2S/c1-12-7-15(23)21(6)17(20-12)25-13(2)16(24)22-11-19(5)9-14(22)8-18(3,4)10-19/h7,13-14H,8-11H2,1-6H3. The second-order valence-corrected chi connectivity index (χ2v) is 10.3. The SMILES string of the molecule is Cc1cc(=O)n(C)c(SC(C)C(=O)N2CC3(C)CC2CC(C)(C)C3)n1. The highest BCUT2D eigenvalue weighted by Gasteiger charge is 2.51. The van der Waals surface area contributed by atoms with Gasteiger partial charge in [0.25, 0.3) is 5.56 Å². The van der Waals surface area contributed by atoms with Gasteiger partial charge in [0.05, 0.1) is 5.25 Å². The van der Waals surface area contributed by atoms with Crippen LogP contribution in [0.15, 0.2) is 16.0 Å². The van der Waals surface area contributed by atoms with E-state index in [1.165, 1.54) is 28.8 Å². The van der Waals surface area contributed by atoms with E-state index in [4.69, 9.17) is 0 Å². The van der Waals surface area contributed by atoms with Crippen molar-refractivity contribution in [3.8, 4) is 0 Å². The lowest BCUT2D eigenvalue weighted by Crippen LogP contribution is -2.41. The number of fused-ring (bicyclic) bond motifs is 2. The van der Waals surface area contributed by atoms with Crippen LogP contribution in [0.2, 0.25) is 0 Å². The Hall–Kier alpha value is -1.30. The van der Waals surface area contributed by atoms with Crippen molar-refractivity contribution < 1.29 is 4.79 Å². The van der Waals surface area contributed by atoms with Gasteiger partial charge in [-0.25, -0.2) is 4.98 Å². The van der Waals surface area contributed by atoms with Gasteiger partial charge in [-0.1, -0.05) is 32.5 Å². The first-order chi connectivity index (χ1) is 11.5. The number of amides is 1. The van der Waals surface area contributed by atoms with Gasteiger partial charge in [0.2, 0.25) is 5.91 Å². The molecule has 1 aromatic heterocycles. The number of hydrogen-bond donors (Lipinski definition) is 0. The molecule has 1 saturated carbocycles. The molecule has 5 nitrogen and oxygen atoms in total. The topological polar surface area (TPSA) is 55.2 Å². The first-order valence-electron chi connectivity index (χ1n) is 9.02. The van der Waals surface area contributed by atoms with Crippen molar-refractivity contribution in [2.24, 2.45) is 17.9 Å². The number of nitrogens with zero attached hydrogens (tertiary/aromatic N) is 3. The van der Waals surface area contributed by atoms with E-state index in [1.807, 2.05) is 13.8 Å². The first kappa shape index (κ1) is 18.5. The van der Waals surface area contributed by atoms with Gasteiger partial charge in [-0.3, -0.25) is 14.2 Å². The molecule has 1 saturated heterocycles. The van der Waals surface area contributed by atoms with E-state index in [2.05, 4.69) is 30.7 Å². The largest absolute Gasteiger partial charge is 0.338 e. The molecule has 2 heterocycles. The van der Waals surface area contributed by atoms with Crippen LogP contribution >= 0.6 is 11.8 Å². The maximum absolute atomic E-state index is 13.1. The molecule has 1 aliphatic carbocycles. The average Bonchev–Trinajstić information content (AvgIpc) is 2.72. The Bertz CT molecular complexity index is 758. The third kappa shape index (κ3) is 3.64. The van der Waals surface area contributed by atoms with Crippen LogP contribution in [0.3, 0.4) is 0 Å². The first-order valence-corrected chi connectivity index (χ1v) is 9.90. The summed E-state index contributed by atoms with van der Waals surface area (Å²) in [6.07, 6.45) is 3.36. The molecule has 3 atom stereocenters. The maximum atomic E-state index is 13.1. The number of aromatic nitrogens is 2. The van der Waals surface area contributed by atoms with E-state index in [9.17, 15) is 9.59 Å². The van der Waals surface area contributed by atoms with Gasteiger partial charge >= 0.3 is 0 Å². The van der Waals surface area contributed by atoms with E-state index in [0.29, 0.717) is 22.3 Å². The Morgan fingerprint density at radius 1 is 1.36 bits per heavy atom. The van der Waals surface area contributed by atoms with Crippen molar-refractivity contribution >= 4 is 17.7 Å². The van der Waals surface area contributed by atoms with Gasteiger partial charge in [0.15, 0.2) is 5.16 Å². The molecule has 0 spiro atoms. The summed E-state index contributed by atoms with van der Waals surface area (Å²) in [5.74, 6) is 0.173. The zero-order valence-corrected chi connectivity index (χ0v) is 16.9. The fraction of sp³-hybridized carbons (Fsp3) is 0.737. The van der Waals surface area contributed by atoms with Crippen LogP contribution in [0.1, 0.15) is 52.7 Å². The van der Waals surface area contributed by atoms with E-state index >= 15 is 0 Å². The number of carbonyl (C=O) groups excluding carboxylic acids is 1. The molecular weight excluding hydrogens is 334 g/mol. The highest BCUT2D eigenvalue weighted by molar-refractivity contribution is 8.00. The highest BCUT2D eigenvalue weighted by atomic mass is 32.2. The van der Waals surface area contributed by atoms with E-state index in [0.717, 1.165) is 19.4 Å². The van der Waals surface area contributed by atoms with Crippen molar-refractivity contribution in [3.63, 3.8) is 0 Å². The second-order valence-electron chi connectivity index (χ2n) is 9.02. The van der Waals surface area contributed by atoms with Crippen LogP contribution in [-0.2, 0) is 11.8 Å². The fourth-order valence-corrected chi connectivity index (χ4v) is 5.89. The molecule has 1 amide bonds. The number of thioether (sulfide) groups is 1. The van der Waals surface area contributed by atoms with Crippen molar-refractivity contribution in [1.82, 2.24) is 14.5 Å². The quantitative estimate of drug-likeness (QED) is 0.612. The highest BCUT2D eigenvalue weighted by Crippen LogP contribution is 2.52. The van der Waals surface area contributed by atoms with Crippen LogP contribution < -0.4 is 5.56 Å². The van der Waals surface area contributed by atoms with Crippen molar-refractivity contribution in [2.45, 2.75) is 70.3 Å². The third-order valence-electron chi connectivity index (χ3n) is 5.55. The average molecular weight is 364 g/mol. The molecule has 1 aliphatic heterocycles. The minimum Gasteiger partial charge on any atom is -0.338 e. The molecule has 0 radical (unpaired) electrons. The van der Waals surface area contributed by atoms with Crippen molar-refractivity contribution in [1.29, 1.82) is 0 Å². The number of hydrogen-bond acceptors (Lipinski definition) is 4. The van der Waals surface area contributed by atoms with E-state index in [-0.39, 0.29) is 22.1 Å². The van der Waals surface area contributed by atoms with Gasteiger partial charge in [-0.2, -0.15) is 0 Å². The Morgan fingerprint density at radius 3 is 2.72 bits per heavy atom. The van der Waals surface area contributed by atoms with Crippen LogP contribution in [0, 0.1) is 17.8 Å². The van der Waals surface area contributed by atoms with Gasteiger partial charge in [-0.05, 0) is 43.9 Å². The zero-order valence-electron chi connectivity index (χ0n) is 16.1. The minimum absolute atomic E-state index is 0.0825. The smallest absolute Gasteiger partial charge is 0.254 e. The summed E-state index contributed by atoms with van der Waals surface area (Å²) in [5.41, 5.74) is 1.14. The summed E-state index contributed by atoms with van der Waals surface area (Å²) in [6.45, 7) is 11.5. The molecular formula is C19H29N3O2S. The molecule has 0 aromatic carbocycles. The summed E-state index contributed by atoms with van der Waals surface area (Å²) in [4.78, 5) is 31.6. The zero-order chi connectivity index (χ0) is 18.6. The summed E-state index contributed by atoms with van der Waals surface area (Å²) in [7, 11) is 1.71. The number of aryl methyl sites for hydroxylation is 1. The lowest BCUT2D eigenvalue weighted by Gasteiger charge is -2.39. The van der Waals surface area contributed by atoms with Crippen LogP contribution in [0.25, 0.3) is 0 Å².